The van der Waals surface area contributed by atoms with Crippen molar-refractivity contribution in [1.82, 2.24) is 0 Å². The van der Waals surface area contributed by atoms with Gasteiger partial charge < -0.3 is 10.2 Å². The van der Waals surface area contributed by atoms with Gasteiger partial charge in [0, 0.05) is 6.42 Å². The number of carboxylic acid groups (broad SMARTS) is 1. The van der Waals surface area contributed by atoms with Gasteiger partial charge in [-0.15, -0.1) is 0 Å². The molecule has 140 valence electrons. The molecule has 0 radical (unpaired) electrons. The fraction of sp³-hybridized carbons (Fsp3) is 0.500. The Morgan fingerprint density at radius 2 is 1.60 bits per heavy atom. The smallest absolute Gasteiger partial charge is 0.303 e. The van der Waals surface area contributed by atoms with Gasteiger partial charge in [-0.2, -0.15) is 0 Å². The number of hydrogen-bond acceptors (Lipinski definition) is 2. The van der Waals surface area contributed by atoms with Crippen LogP contribution in [0.1, 0.15) is 64.7 Å². The molecule has 0 saturated carbocycles. The van der Waals surface area contributed by atoms with Crippen molar-refractivity contribution in [3.8, 4) is 0 Å². The Morgan fingerprint density at radius 3 is 2.36 bits per heavy atom. The normalized spacial score (nSPS) is 14.0. The van der Waals surface area contributed by atoms with Crippen LogP contribution in [-0.2, 0) is 4.79 Å². The Morgan fingerprint density at radius 1 is 0.880 bits per heavy atom. The molecule has 0 bridgehead atoms. The molecule has 2 N–H and O–H groups in total. The van der Waals surface area contributed by atoms with Crippen molar-refractivity contribution in [2.45, 2.75) is 70.8 Å². The van der Waals surface area contributed by atoms with Gasteiger partial charge in [-0.3, -0.25) is 4.79 Å². The maximum absolute atomic E-state index is 10.4. The molecule has 1 atom stereocenters. The molecule has 0 spiro atoms. The first kappa shape index (κ1) is 23.1. The highest BCUT2D eigenvalue weighted by atomic mass is 16.4. The molecule has 0 aromatic carbocycles. The van der Waals surface area contributed by atoms with E-state index in [1.165, 1.54) is 0 Å². The van der Waals surface area contributed by atoms with Crippen LogP contribution in [0, 0.1) is 0 Å². The summed E-state index contributed by atoms with van der Waals surface area (Å²) in [6, 6.07) is 0. The number of aliphatic hydroxyl groups excluding tert-OH is 1. The topological polar surface area (TPSA) is 57.5 Å². The molecule has 0 aromatic heterocycles. The zero-order valence-electron chi connectivity index (χ0n) is 15.5. The molecule has 0 aliphatic rings. The van der Waals surface area contributed by atoms with E-state index in [9.17, 15) is 9.90 Å². The molecule has 25 heavy (non-hydrogen) atoms. The predicted molar refractivity (Wildman–Crippen MR) is 107 cm³/mol. The minimum Gasteiger partial charge on any atom is -0.481 e. The number of rotatable bonds is 15. The lowest BCUT2D eigenvalue weighted by atomic mass is 10.1. The Balaban J connectivity index is 3.61. The van der Waals surface area contributed by atoms with E-state index in [0.29, 0.717) is 6.42 Å². The largest absolute Gasteiger partial charge is 0.481 e. The van der Waals surface area contributed by atoms with Crippen molar-refractivity contribution in [2.24, 2.45) is 0 Å². The first-order valence-electron chi connectivity index (χ1n) is 9.35. The number of unbranched alkanes of at least 4 members (excludes halogenated alkanes) is 3. The SMILES string of the molecule is CC/C=C\C/C=C\C=C\[C@H](O)C/C=C\C/C=C\CCCCCC(=O)O. The van der Waals surface area contributed by atoms with E-state index in [4.69, 9.17) is 5.11 Å². The van der Waals surface area contributed by atoms with Crippen LogP contribution in [0.4, 0.5) is 0 Å². The molecule has 3 heteroatoms. The summed E-state index contributed by atoms with van der Waals surface area (Å²) in [6.07, 6.45) is 27.4. The fourth-order valence-electron chi connectivity index (χ4n) is 2.11. The molecule has 3 nitrogen and oxygen atoms in total. The number of aliphatic carboxylic acids is 1. The van der Waals surface area contributed by atoms with E-state index in [-0.39, 0.29) is 6.42 Å². The summed E-state index contributed by atoms with van der Waals surface area (Å²) in [4.78, 5) is 10.4. The molecule has 0 aromatic rings. The summed E-state index contributed by atoms with van der Waals surface area (Å²) in [6.45, 7) is 2.12. The number of aliphatic hydroxyl groups is 1. The van der Waals surface area contributed by atoms with E-state index in [1.807, 2.05) is 18.2 Å². The van der Waals surface area contributed by atoms with Crippen LogP contribution in [0.2, 0.25) is 0 Å². The second-order valence-corrected chi connectivity index (χ2v) is 5.90. The molecular formula is C22H34O3. The third-order valence-electron chi connectivity index (χ3n) is 3.50. The molecule has 0 unspecified atom stereocenters. The van der Waals surface area contributed by atoms with Crippen LogP contribution in [0.15, 0.2) is 60.8 Å². The maximum atomic E-state index is 10.4. The minimum absolute atomic E-state index is 0.273. The first-order valence-corrected chi connectivity index (χ1v) is 9.35. The van der Waals surface area contributed by atoms with Gasteiger partial charge in [-0.1, -0.05) is 74.1 Å². The summed E-state index contributed by atoms with van der Waals surface area (Å²) in [5.74, 6) is -0.710. The highest BCUT2D eigenvalue weighted by molar-refractivity contribution is 5.66. The average Bonchev–Trinajstić information content (AvgIpc) is 2.58. The van der Waals surface area contributed by atoms with E-state index >= 15 is 0 Å². The van der Waals surface area contributed by atoms with E-state index in [1.54, 1.807) is 6.08 Å². The number of hydrogen-bond donors (Lipinski definition) is 2. The van der Waals surface area contributed by atoms with Gasteiger partial charge in [0.1, 0.15) is 0 Å². The molecule has 0 rings (SSSR count). The van der Waals surface area contributed by atoms with Gasteiger partial charge in [0.25, 0.3) is 0 Å². The van der Waals surface area contributed by atoms with Crippen molar-refractivity contribution >= 4 is 5.97 Å². The molecule has 0 fully saturated rings. The Kier molecular flexibility index (Phi) is 17.1. The van der Waals surface area contributed by atoms with Crippen molar-refractivity contribution in [1.29, 1.82) is 0 Å². The standard InChI is InChI=1S/C22H34O3/c1-2-3-4-5-9-12-15-18-21(23)19-16-13-10-7-6-8-11-14-17-20-22(24)25/h3-4,6-7,9,12-13,15-16,18,21,23H,2,5,8,10-11,14,17,19-20H2,1H3,(H,24,25)/b4-3-,7-6-,12-9-,16-13-,18-15+/t21-/m0/s1. The van der Waals surface area contributed by atoms with Crippen molar-refractivity contribution in [2.75, 3.05) is 0 Å². The highest BCUT2D eigenvalue weighted by Gasteiger charge is 1.95. The van der Waals surface area contributed by atoms with Crippen molar-refractivity contribution in [3.05, 3.63) is 60.8 Å². The first-order chi connectivity index (χ1) is 12.2. The molecule has 0 aliphatic heterocycles. The third-order valence-corrected chi connectivity index (χ3v) is 3.50. The molecule has 0 saturated heterocycles. The number of carbonyl (C=O) groups is 1. The minimum atomic E-state index is -0.710. The van der Waals surface area contributed by atoms with Gasteiger partial charge in [0.15, 0.2) is 0 Å². The van der Waals surface area contributed by atoms with Crippen LogP contribution < -0.4 is 0 Å². The van der Waals surface area contributed by atoms with Crippen LogP contribution in [0.5, 0.6) is 0 Å². The van der Waals surface area contributed by atoms with Crippen LogP contribution in [-0.4, -0.2) is 22.3 Å². The van der Waals surface area contributed by atoms with Gasteiger partial charge >= 0.3 is 5.97 Å². The zero-order chi connectivity index (χ0) is 18.6. The van der Waals surface area contributed by atoms with E-state index in [0.717, 1.165) is 44.9 Å². The second kappa shape index (κ2) is 18.5. The lowest BCUT2D eigenvalue weighted by molar-refractivity contribution is -0.137. The van der Waals surface area contributed by atoms with Gasteiger partial charge in [-0.25, -0.2) is 0 Å². The molecule has 0 aliphatic carbocycles. The summed E-state index contributed by atoms with van der Waals surface area (Å²) in [5, 5.41) is 18.3. The number of allylic oxidation sites excluding steroid dienone is 8. The summed E-state index contributed by atoms with van der Waals surface area (Å²) in [5.41, 5.74) is 0. The Labute approximate surface area is 153 Å². The van der Waals surface area contributed by atoms with Crippen LogP contribution in [0.25, 0.3) is 0 Å². The summed E-state index contributed by atoms with van der Waals surface area (Å²) in [7, 11) is 0. The monoisotopic (exact) mass is 346 g/mol. The van der Waals surface area contributed by atoms with E-state index in [2.05, 4.69) is 43.4 Å². The lowest BCUT2D eigenvalue weighted by Gasteiger charge is -1.98. The Bertz CT molecular complexity index is 456. The second-order valence-electron chi connectivity index (χ2n) is 5.90. The summed E-state index contributed by atoms with van der Waals surface area (Å²) >= 11 is 0. The van der Waals surface area contributed by atoms with Gasteiger partial charge in [0.2, 0.25) is 0 Å². The lowest BCUT2D eigenvalue weighted by Crippen LogP contribution is -1.98. The molecule has 0 amide bonds. The quantitative estimate of drug-likeness (QED) is 0.226. The number of carboxylic acids is 1. The third kappa shape index (κ3) is 20.1. The maximum Gasteiger partial charge on any atom is 0.303 e. The highest BCUT2D eigenvalue weighted by Crippen LogP contribution is 2.04. The molecule has 0 heterocycles. The van der Waals surface area contributed by atoms with Crippen molar-refractivity contribution in [3.63, 3.8) is 0 Å². The van der Waals surface area contributed by atoms with E-state index < -0.39 is 12.1 Å². The van der Waals surface area contributed by atoms with Crippen LogP contribution in [0.3, 0.4) is 0 Å². The Hall–Kier alpha value is -1.87. The van der Waals surface area contributed by atoms with Crippen LogP contribution >= 0.6 is 0 Å². The zero-order valence-corrected chi connectivity index (χ0v) is 15.5. The van der Waals surface area contributed by atoms with Gasteiger partial charge in [-0.05, 0) is 44.9 Å². The summed E-state index contributed by atoms with van der Waals surface area (Å²) < 4.78 is 0. The fourth-order valence-corrected chi connectivity index (χ4v) is 2.11. The van der Waals surface area contributed by atoms with Crippen molar-refractivity contribution < 1.29 is 15.0 Å². The van der Waals surface area contributed by atoms with Gasteiger partial charge in [0.05, 0.1) is 6.10 Å². The molecular weight excluding hydrogens is 312 g/mol. The average molecular weight is 347 g/mol. The predicted octanol–water partition coefficient (Wildman–Crippen LogP) is 5.74.